The molecule has 1 aliphatic rings. The van der Waals surface area contributed by atoms with E-state index in [9.17, 15) is 0 Å². The Morgan fingerprint density at radius 3 is 2.30 bits per heavy atom. The van der Waals surface area contributed by atoms with Gasteiger partial charge in [-0.2, -0.15) is 0 Å². The van der Waals surface area contributed by atoms with Gasteiger partial charge in [-0.25, -0.2) is 0 Å². The molecule has 0 N–H and O–H groups in total. The molecule has 0 amide bonds. The average molecular weight is 353 g/mol. The zero-order valence-electron chi connectivity index (χ0n) is 16.6. The van der Waals surface area contributed by atoms with Crippen LogP contribution in [0.15, 0.2) is 108 Å². The van der Waals surface area contributed by atoms with Crippen molar-refractivity contribution < 1.29 is 0 Å². The third-order valence-electron chi connectivity index (χ3n) is 5.47. The Morgan fingerprint density at radius 1 is 0.963 bits per heavy atom. The molecule has 0 aromatic heterocycles. The predicted octanol–water partition coefficient (Wildman–Crippen LogP) is 7.09. The van der Waals surface area contributed by atoms with Crippen LogP contribution in [0.1, 0.15) is 37.0 Å². The smallest absolute Gasteiger partial charge is 0.0583 e. The lowest BCUT2D eigenvalue weighted by atomic mass is 9.61. The lowest BCUT2D eigenvalue weighted by molar-refractivity contribution is 0.481. The van der Waals surface area contributed by atoms with Gasteiger partial charge in [-0.3, -0.25) is 0 Å². The normalized spacial score (nSPS) is 25.1. The van der Waals surface area contributed by atoms with E-state index in [1.165, 1.54) is 22.3 Å². The fourth-order valence-electron chi connectivity index (χ4n) is 4.06. The average Bonchev–Trinajstić information content (AvgIpc) is 2.69. The summed E-state index contributed by atoms with van der Waals surface area (Å²) < 4.78 is 0. The molecule has 0 fully saturated rings. The molecule has 2 unspecified atom stereocenters. The molecule has 0 radical (unpaired) electrons. The molecule has 0 bridgehead atoms. The maximum Gasteiger partial charge on any atom is 0.0583 e. The summed E-state index contributed by atoms with van der Waals surface area (Å²) in [5, 5.41) is 0. The van der Waals surface area contributed by atoms with Crippen molar-refractivity contribution in [1.82, 2.24) is 0 Å². The van der Waals surface area contributed by atoms with Crippen LogP contribution in [0.3, 0.4) is 0 Å². The Labute approximate surface area is 164 Å². The highest BCUT2D eigenvalue weighted by Gasteiger charge is 2.41. The van der Waals surface area contributed by atoms with Gasteiger partial charge in [-0.05, 0) is 42.9 Å². The van der Waals surface area contributed by atoms with Gasteiger partial charge in [-0.1, -0.05) is 104 Å². The van der Waals surface area contributed by atoms with Crippen molar-refractivity contribution >= 4 is 0 Å². The monoisotopic (exact) mass is 352 g/mol. The first kappa shape index (κ1) is 19.0. The van der Waals surface area contributed by atoms with Crippen molar-refractivity contribution in [3.63, 3.8) is 0 Å². The Bertz CT molecular complexity index is 916. The van der Waals surface area contributed by atoms with Crippen molar-refractivity contribution in [2.45, 2.75) is 32.6 Å². The van der Waals surface area contributed by atoms with Crippen LogP contribution in [0.5, 0.6) is 0 Å². The molecular formula is C27H28. The second-order valence-corrected chi connectivity index (χ2v) is 7.37. The summed E-state index contributed by atoms with van der Waals surface area (Å²) in [6.45, 7) is 10.8. The van der Waals surface area contributed by atoms with Crippen LogP contribution < -0.4 is 0 Å². The summed E-state index contributed by atoms with van der Waals surface area (Å²) in [5.74, 6) is 0.235. The summed E-state index contributed by atoms with van der Waals surface area (Å²) in [6.07, 6.45) is 11.7. The van der Waals surface area contributed by atoms with Crippen LogP contribution >= 0.6 is 0 Å². The summed E-state index contributed by atoms with van der Waals surface area (Å²) >= 11 is 0. The number of hydrogen-bond acceptors (Lipinski definition) is 0. The van der Waals surface area contributed by atoms with Crippen molar-refractivity contribution in [1.29, 1.82) is 0 Å². The molecule has 2 aromatic carbocycles. The van der Waals surface area contributed by atoms with E-state index in [4.69, 9.17) is 0 Å². The molecule has 1 aliphatic carbocycles. The Kier molecular flexibility index (Phi) is 5.79. The third-order valence-corrected chi connectivity index (χ3v) is 5.47. The van der Waals surface area contributed by atoms with Gasteiger partial charge in [0, 0.05) is 5.57 Å². The van der Waals surface area contributed by atoms with Crippen molar-refractivity contribution in [3.8, 4) is 0 Å². The predicted molar refractivity (Wildman–Crippen MR) is 117 cm³/mol. The number of hydrogen-bond donors (Lipinski definition) is 0. The second-order valence-electron chi connectivity index (χ2n) is 7.37. The SMILES string of the molecule is C=CC1=C=C(C)C/C=C\C=C/C(C)C1(c1ccccc1)c1ccc(C)cc1. The first-order chi connectivity index (χ1) is 13.1. The van der Waals surface area contributed by atoms with E-state index in [0.29, 0.717) is 0 Å². The van der Waals surface area contributed by atoms with Gasteiger partial charge < -0.3 is 0 Å². The summed E-state index contributed by atoms with van der Waals surface area (Å²) in [4.78, 5) is 0. The van der Waals surface area contributed by atoms with Gasteiger partial charge in [0.1, 0.15) is 0 Å². The van der Waals surface area contributed by atoms with E-state index in [1.807, 2.05) is 6.08 Å². The lowest BCUT2D eigenvalue weighted by Crippen LogP contribution is -2.36. The zero-order chi connectivity index (χ0) is 19.3. The highest BCUT2D eigenvalue weighted by Crippen LogP contribution is 2.46. The molecule has 27 heavy (non-hydrogen) atoms. The first-order valence-electron chi connectivity index (χ1n) is 9.64. The Morgan fingerprint density at radius 2 is 1.63 bits per heavy atom. The Hall–Kier alpha value is -2.82. The van der Waals surface area contributed by atoms with Crippen molar-refractivity contribution in [3.05, 3.63) is 125 Å². The minimum Gasteiger partial charge on any atom is -0.117 e. The summed E-state index contributed by atoms with van der Waals surface area (Å²) in [7, 11) is 0. The van der Waals surface area contributed by atoms with Crippen molar-refractivity contribution in [2.75, 3.05) is 0 Å². The fourth-order valence-corrected chi connectivity index (χ4v) is 4.06. The molecule has 0 aliphatic heterocycles. The van der Waals surface area contributed by atoms with Gasteiger partial charge in [-0.15, -0.1) is 5.73 Å². The van der Waals surface area contributed by atoms with Crippen LogP contribution in [0, 0.1) is 12.8 Å². The van der Waals surface area contributed by atoms with Crippen molar-refractivity contribution in [2.24, 2.45) is 5.92 Å². The number of rotatable bonds is 3. The van der Waals surface area contributed by atoms with E-state index in [1.54, 1.807) is 0 Å². The maximum absolute atomic E-state index is 4.19. The lowest BCUT2D eigenvalue weighted by Gasteiger charge is -2.40. The number of aryl methyl sites for hydroxylation is 1. The van der Waals surface area contributed by atoms with Crippen LogP contribution in [-0.2, 0) is 5.41 Å². The standard InChI is InChI=1S/C27H28/c1-5-24-20-22(3)12-8-6-9-13-23(4)27(24,25-14-10-7-11-15-25)26-18-16-21(2)17-19-26/h5-11,13-19,23H,1,12H2,2-4H3/b8-6-,13-9-. The van der Waals surface area contributed by atoms with Crippen LogP contribution in [0.25, 0.3) is 0 Å². The van der Waals surface area contributed by atoms with Gasteiger partial charge in [0.05, 0.1) is 5.41 Å². The molecule has 136 valence electrons. The minimum absolute atomic E-state index is 0.235. The molecule has 0 heterocycles. The number of allylic oxidation sites excluding steroid dienone is 6. The van der Waals surface area contributed by atoms with E-state index >= 15 is 0 Å². The molecule has 2 atom stereocenters. The van der Waals surface area contributed by atoms with E-state index in [0.717, 1.165) is 12.0 Å². The quantitative estimate of drug-likeness (QED) is 0.517. The second kappa shape index (κ2) is 8.25. The van der Waals surface area contributed by atoms with Crippen LogP contribution in [0.4, 0.5) is 0 Å². The van der Waals surface area contributed by atoms with Gasteiger partial charge >= 0.3 is 0 Å². The fraction of sp³-hybridized carbons (Fsp3) is 0.222. The topological polar surface area (TPSA) is 0 Å². The zero-order valence-corrected chi connectivity index (χ0v) is 16.6. The third kappa shape index (κ3) is 3.68. The largest absolute Gasteiger partial charge is 0.117 e. The van der Waals surface area contributed by atoms with Gasteiger partial charge in [0.15, 0.2) is 0 Å². The maximum atomic E-state index is 4.19. The highest BCUT2D eigenvalue weighted by atomic mass is 14.4. The van der Waals surface area contributed by atoms with Gasteiger partial charge in [0.2, 0.25) is 0 Å². The Balaban J connectivity index is 2.44. The highest BCUT2D eigenvalue weighted by molar-refractivity contribution is 5.54. The van der Waals surface area contributed by atoms with E-state index < -0.39 is 0 Å². The molecule has 0 nitrogen and oxygen atoms in total. The summed E-state index contributed by atoms with van der Waals surface area (Å²) in [6, 6.07) is 19.7. The van der Waals surface area contributed by atoms with E-state index in [2.05, 4.69) is 112 Å². The minimum atomic E-state index is -0.334. The molecular weight excluding hydrogens is 324 g/mol. The van der Waals surface area contributed by atoms with E-state index in [-0.39, 0.29) is 11.3 Å². The molecule has 3 rings (SSSR count). The molecule has 0 spiro atoms. The van der Waals surface area contributed by atoms with Gasteiger partial charge in [0.25, 0.3) is 0 Å². The summed E-state index contributed by atoms with van der Waals surface area (Å²) in [5.41, 5.74) is 9.52. The first-order valence-corrected chi connectivity index (χ1v) is 9.64. The molecule has 2 aromatic rings. The van der Waals surface area contributed by atoms with Crippen LogP contribution in [-0.4, -0.2) is 0 Å². The molecule has 0 saturated carbocycles. The van der Waals surface area contributed by atoms with Crippen LogP contribution in [0.2, 0.25) is 0 Å². The number of benzene rings is 2. The molecule has 0 heteroatoms. The molecule has 0 saturated heterocycles.